The van der Waals surface area contributed by atoms with Crippen LogP contribution in [0.3, 0.4) is 0 Å². The molecule has 200 valence electrons. The highest BCUT2D eigenvalue weighted by Crippen LogP contribution is 2.41. The zero-order valence-electron chi connectivity index (χ0n) is 21.8. The summed E-state index contributed by atoms with van der Waals surface area (Å²) in [5.74, 6) is 0.745. The number of benzene rings is 2. The molecule has 3 aromatic heterocycles. The number of piperazine rings is 1. The van der Waals surface area contributed by atoms with E-state index in [0.29, 0.717) is 52.8 Å². The van der Waals surface area contributed by atoms with Gasteiger partial charge >= 0.3 is 0 Å². The summed E-state index contributed by atoms with van der Waals surface area (Å²) in [6, 6.07) is 18.9. The summed E-state index contributed by atoms with van der Waals surface area (Å²) >= 11 is 0. The first-order valence-electron chi connectivity index (χ1n) is 12.9. The number of nitrogens with one attached hydrogen (secondary N) is 1. The fourth-order valence-electron chi connectivity index (χ4n) is 5.53. The molecule has 7 rings (SSSR count). The third-order valence-corrected chi connectivity index (χ3v) is 7.33. The number of pyridine rings is 1. The lowest BCUT2D eigenvalue weighted by atomic mass is 10.1. The number of aryl methyl sites for hydroxylation is 1. The summed E-state index contributed by atoms with van der Waals surface area (Å²) in [6.45, 7) is 2.86. The molecule has 0 radical (unpaired) electrons. The van der Waals surface area contributed by atoms with Gasteiger partial charge in [-0.3, -0.25) is 19.5 Å². The molecule has 2 saturated heterocycles. The molecule has 0 saturated carbocycles. The summed E-state index contributed by atoms with van der Waals surface area (Å²) in [4.78, 5) is 39.4. The second-order valence-electron chi connectivity index (χ2n) is 10.1. The van der Waals surface area contributed by atoms with Crippen molar-refractivity contribution in [3.05, 3.63) is 83.9 Å². The average Bonchev–Trinajstić information content (AvgIpc) is 3.34. The highest BCUT2D eigenvalue weighted by atomic mass is 16.3. The van der Waals surface area contributed by atoms with E-state index in [0.717, 1.165) is 5.56 Å². The quantitative estimate of drug-likeness (QED) is 0.326. The number of likely N-dealkylation sites (tertiary alicyclic amines) is 1. The molecule has 12 nitrogen and oxygen atoms in total. The predicted octanol–water partition coefficient (Wildman–Crippen LogP) is 2.67. The van der Waals surface area contributed by atoms with Crippen LogP contribution in [0.15, 0.2) is 71.3 Å². The van der Waals surface area contributed by atoms with Gasteiger partial charge in [0.2, 0.25) is 11.8 Å². The van der Waals surface area contributed by atoms with E-state index in [9.17, 15) is 9.59 Å². The topological polar surface area (TPSA) is 135 Å². The Labute approximate surface area is 228 Å². The second kappa shape index (κ2) is 9.35. The number of hydrogen-bond donors (Lipinski definition) is 1. The smallest absolute Gasteiger partial charge is 0.273 e. The Kier molecular flexibility index (Phi) is 5.63. The molecule has 0 spiro atoms. The largest absolute Gasteiger partial charge is 0.436 e. The lowest BCUT2D eigenvalue weighted by Gasteiger charge is -2.28. The lowest BCUT2D eigenvalue weighted by molar-refractivity contribution is -0.114. The van der Waals surface area contributed by atoms with E-state index >= 15 is 0 Å². The van der Waals surface area contributed by atoms with Gasteiger partial charge in [0.1, 0.15) is 11.2 Å². The highest BCUT2D eigenvalue weighted by Gasteiger charge is 2.58. The molecule has 2 aliphatic heterocycles. The Morgan fingerprint density at radius 3 is 2.58 bits per heavy atom. The molecule has 5 aromatic rings. The fourth-order valence-corrected chi connectivity index (χ4v) is 5.53. The Hall–Kier alpha value is -4.97. The zero-order valence-corrected chi connectivity index (χ0v) is 21.8. The van der Waals surface area contributed by atoms with Gasteiger partial charge in [0, 0.05) is 37.5 Å². The molecule has 2 aliphatic rings. The Morgan fingerprint density at radius 2 is 1.85 bits per heavy atom. The summed E-state index contributed by atoms with van der Waals surface area (Å²) in [7, 11) is 1.76. The summed E-state index contributed by atoms with van der Waals surface area (Å²) in [5, 5.41) is 15.5. The van der Waals surface area contributed by atoms with E-state index in [1.807, 2.05) is 23.1 Å². The monoisotopic (exact) mass is 535 g/mol. The number of rotatable bonds is 6. The van der Waals surface area contributed by atoms with E-state index in [4.69, 9.17) is 4.42 Å². The SMILES string of the molecule is CC(=O)Nc1ccc2oc(-c3ccnc(C(=O)N4C5CN(C(c6ccccc6)c6nnn(C)n6)CC54)c3)nc2c1. The van der Waals surface area contributed by atoms with Gasteiger partial charge in [-0.05, 0) is 41.1 Å². The fraction of sp³-hybridized carbons (Fsp3) is 0.250. The van der Waals surface area contributed by atoms with Crippen molar-refractivity contribution in [2.24, 2.45) is 7.05 Å². The number of oxazole rings is 1. The Morgan fingerprint density at radius 1 is 1.05 bits per heavy atom. The van der Waals surface area contributed by atoms with Crippen LogP contribution >= 0.6 is 0 Å². The molecule has 3 atom stereocenters. The van der Waals surface area contributed by atoms with Crippen molar-refractivity contribution in [3.63, 3.8) is 0 Å². The predicted molar refractivity (Wildman–Crippen MR) is 144 cm³/mol. The second-order valence-corrected chi connectivity index (χ2v) is 10.1. The van der Waals surface area contributed by atoms with Gasteiger partial charge < -0.3 is 14.6 Å². The van der Waals surface area contributed by atoms with Gasteiger partial charge in [-0.1, -0.05) is 30.3 Å². The summed E-state index contributed by atoms with van der Waals surface area (Å²) < 4.78 is 5.92. The van der Waals surface area contributed by atoms with Gasteiger partial charge in [-0.25, -0.2) is 4.98 Å². The standard InChI is InChI=1S/C28H25N9O3/c1-16(38)30-19-8-9-24-20(13-19)31-27(40-24)18-10-11-29-21(12-18)28(39)37-22-14-36(15-23(22)37)25(17-6-4-3-5-7-17)26-32-34-35(2)33-26/h3-13,22-23,25H,14-15H2,1-2H3,(H,30,38). The molecule has 12 heteroatoms. The molecular weight excluding hydrogens is 510 g/mol. The van der Waals surface area contributed by atoms with Crippen molar-refractivity contribution in [1.82, 2.24) is 40.0 Å². The molecule has 0 bridgehead atoms. The minimum Gasteiger partial charge on any atom is -0.436 e. The first-order chi connectivity index (χ1) is 19.4. The van der Waals surface area contributed by atoms with Gasteiger partial charge in [0.15, 0.2) is 11.4 Å². The maximum atomic E-state index is 13.5. The molecule has 5 heterocycles. The van der Waals surface area contributed by atoms with Crippen molar-refractivity contribution >= 4 is 28.6 Å². The number of aromatic nitrogens is 6. The molecule has 2 aromatic carbocycles. The first kappa shape index (κ1) is 24.1. The van der Waals surface area contributed by atoms with Crippen molar-refractivity contribution in [3.8, 4) is 11.5 Å². The number of hydrogen-bond acceptors (Lipinski definition) is 9. The maximum Gasteiger partial charge on any atom is 0.273 e. The number of carbonyl (C=O) groups is 2. The molecule has 2 fully saturated rings. The molecule has 2 amide bonds. The normalized spacial score (nSPS) is 19.0. The number of anilines is 1. The van der Waals surface area contributed by atoms with E-state index in [1.54, 1.807) is 43.6 Å². The third kappa shape index (κ3) is 4.28. The van der Waals surface area contributed by atoms with Crippen LogP contribution in [0, 0.1) is 0 Å². The van der Waals surface area contributed by atoms with Crippen LogP contribution in [0.1, 0.15) is 34.8 Å². The molecule has 3 unspecified atom stereocenters. The van der Waals surface area contributed by atoms with Gasteiger partial charge in [0.25, 0.3) is 5.91 Å². The van der Waals surface area contributed by atoms with E-state index in [1.165, 1.54) is 11.7 Å². The summed E-state index contributed by atoms with van der Waals surface area (Å²) in [5.41, 5.74) is 3.91. The van der Waals surface area contributed by atoms with Crippen molar-refractivity contribution in [2.75, 3.05) is 18.4 Å². The van der Waals surface area contributed by atoms with Crippen molar-refractivity contribution in [2.45, 2.75) is 25.0 Å². The van der Waals surface area contributed by atoms with Crippen LogP contribution in [-0.4, -0.2) is 77.0 Å². The van der Waals surface area contributed by atoms with E-state index in [2.05, 4.69) is 47.7 Å². The molecule has 40 heavy (non-hydrogen) atoms. The minimum atomic E-state index is -0.163. The van der Waals surface area contributed by atoms with Gasteiger partial charge in [-0.15, -0.1) is 10.2 Å². The third-order valence-electron chi connectivity index (χ3n) is 7.33. The number of carbonyl (C=O) groups excluding carboxylic acids is 2. The molecular formula is C28H25N9O3. The first-order valence-corrected chi connectivity index (χ1v) is 12.9. The van der Waals surface area contributed by atoms with Gasteiger partial charge in [-0.2, -0.15) is 4.80 Å². The van der Waals surface area contributed by atoms with Crippen LogP contribution < -0.4 is 5.32 Å². The molecule has 1 N–H and O–H groups in total. The van der Waals surface area contributed by atoms with Crippen LogP contribution in [0.2, 0.25) is 0 Å². The van der Waals surface area contributed by atoms with Crippen LogP contribution in [-0.2, 0) is 11.8 Å². The molecule has 0 aliphatic carbocycles. The van der Waals surface area contributed by atoms with Crippen molar-refractivity contribution < 1.29 is 14.0 Å². The number of fused-ring (bicyclic) bond motifs is 2. The number of nitrogens with zero attached hydrogens (tertiary/aromatic N) is 8. The number of amides is 2. The van der Waals surface area contributed by atoms with E-state index < -0.39 is 0 Å². The lowest BCUT2D eigenvalue weighted by Crippen LogP contribution is -2.36. The average molecular weight is 536 g/mol. The summed E-state index contributed by atoms with van der Waals surface area (Å²) in [6.07, 6.45) is 1.59. The zero-order chi connectivity index (χ0) is 27.4. The van der Waals surface area contributed by atoms with Crippen molar-refractivity contribution in [1.29, 1.82) is 0 Å². The van der Waals surface area contributed by atoms with Gasteiger partial charge in [0.05, 0.1) is 25.2 Å². The Balaban J connectivity index is 1.08. The van der Waals surface area contributed by atoms with Crippen LogP contribution in [0.5, 0.6) is 0 Å². The van der Waals surface area contributed by atoms with E-state index in [-0.39, 0.29) is 29.9 Å². The highest BCUT2D eigenvalue weighted by molar-refractivity contribution is 5.96. The van der Waals surface area contributed by atoms with Crippen LogP contribution in [0.4, 0.5) is 5.69 Å². The minimum absolute atomic E-state index is 0.0948. The maximum absolute atomic E-state index is 13.5. The van der Waals surface area contributed by atoms with Crippen LogP contribution in [0.25, 0.3) is 22.6 Å². The number of tetrazole rings is 1. The Bertz CT molecular complexity index is 1740.